The topological polar surface area (TPSA) is 57.9 Å². The molecule has 0 radical (unpaired) electrons. The molecule has 0 saturated carbocycles. The second-order valence-electron chi connectivity index (χ2n) is 5.20. The number of alkyl halides is 3. The molecule has 0 atom stereocenters. The van der Waals surface area contributed by atoms with E-state index in [2.05, 4.69) is 10.2 Å². The highest BCUT2D eigenvalue weighted by Gasteiger charge is 2.30. The van der Waals surface area contributed by atoms with E-state index in [-0.39, 0.29) is 11.3 Å². The quantitative estimate of drug-likeness (QED) is 0.503. The number of fused-ring (bicyclic) bond motifs is 3. The third-order valence-corrected chi connectivity index (χ3v) is 3.69. The molecule has 120 valence electrons. The van der Waals surface area contributed by atoms with Gasteiger partial charge in [0.05, 0.1) is 10.9 Å². The van der Waals surface area contributed by atoms with Gasteiger partial charge in [-0.3, -0.25) is 0 Å². The van der Waals surface area contributed by atoms with Crippen LogP contribution in [0, 0.1) is 0 Å². The summed E-state index contributed by atoms with van der Waals surface area (Å²) >= 11 is 0. The van der Waals surface area contributed by atoms with E-state index in [1.165, 1.54) is 16.6 Å². The molecular formula is C16H9F3N4O. The summed E-state index contributed by atoms with van der Waals surface area (Å²) < 4.78 is 40.4. The van der Waals surface area contributed by atoms with Gasteiger partial charge in [0.25, 0.3) is 0 Å². The molecular weight excluding hydrogens is 321 g/mol. The molecule has 0 aliphatic carbocycles. The van der Waals surface area contributed by atoms with Gasteiger partial charge in [0.1, 0.15) is 23.3 Å². The minimum atomic E-state index is -4.43. The van der Waals surface area contributed by atoms with E-state index in [1.54, 1.807) is 18.3 Å². The van der Waals surface area contributed by atoms with Gasteiger partial charge in [-0.05, 0) is 36.4 Å². The van der Waals surface area contributed by atoms with E-state index in [1.807, 2.05) is 12.1 Å². The van der Waals surface area contributed by atoms with Crippen molar-refractivity contribution in [2.75, 3.05) is 0 Å². The van der Waals surface area contributed by atoms with E-state index in [0.29, 0.717) is 5.52 Å². The van der Waals surface area contributed by atoms with Gasteiger partial charge in [0, 0.05) is 5.21 Å². The van der Waals surface area contributed by atoms with Crippen molar-refractivity contribution in [1.29, 1.82) is 0 Å². The summed E-state index contributed by atoms with van der Waals surface area (Å²) in [4.78, 5) is 4.10. The van der Waals surface area contributed by atoms with E-state index in [9.17, 15) is 18.3 Å². The molecule has 4 rings (SSSR count). The molecule has 0 saturated heterocycles. The van der Waals surface area contributed by atoms with Crippen molar-refractivity contribution in [2.24, 2.45) is 0 Å². The maximum Gasteiger partial charge on any atom is 0.416 e. The van der Waals surface area contributed by atoms with E-state index in [4.69, 9.17) is 0 Å². The second-order valence-corrected chi connectivity index (χ2v) is 5.20. The normalized spacial score (nSPS) is 12.1. The van der Waals surface area contributed by atoms with Crippen molar-refractivity contribution >= 4 is 16.6 Å². The van der Waals surface area contributed by atoms with Crippen LogP contribution in [-0.2, 0) is 6.18 Å². The molecule has 0 N–H and O–H groups in total. The lowest BCUT2D eigenvalue weighted by Gasteiger charge is -2.07. The molecule has 2 aromatic carbocycles. The number of hydrogen-bond donors (Lipinski definition) is 0. The molecule has 4 aromatic rings. The van der Waals surface area contributed by atoms with Crippen LogP contribution >= 0.6 is 0 Å². The van der Waals surface area contributed by atoms with Gasteiger partial charge < -0.3 is 5.11 Å². The Morgan fingerprint density at radius 3 is 2.42 bits per heavy atom. The Bertz CT molecular complexity index is 1050. The first kappa shape index (κ1) is 14.4. The minimum Gasteiger partial charge on any atom is -0.842 e. The summed E-state index contributed by atoms with van der Waals surface area (Å²) in [6, 6.07) is 11.5. The number of rotatable bonds is 1. The second kappa shape index (κ2) is 4.92. The van der Waals surface area contributed by atoms with Crippen molar-refractivity contribution in [3.05, 3.63) is 60.3 Å². The van der Waals surface area contributed by atoms with Gasteiger partial charge >= 0.3 is 11.8 Å². The Kier molecular flexibility index (Phi) is 2.96. The van der Waals surface area contributed by atoms with Crippen molar-refractivity contribution in [3.8, 4) is 11.6 Å². The lowest BCUT2D eigenvalue weighted by atomic mass is 10.2. The van der Waals surface area contributed by atoms with Crippen LogP contribution in [-0.4, -0.2) is 14.9 Å². The monoisotopic (exact) mass is 330 g/mol. The van der Waals surface area contributed by atoms with Crippen LogP contribution in [0.25, 0.3) is 22.2 Å². The van der Waals surface area contributed by atoms with Crippen molar-refractivity contribution < 1.29 is 22.8 Å². The van der Waals surface area contributed by atoms with Crippen molar-refractivity contribution in [3.63, 3.8) is 0 Å². The average molecular weight is 330 g/mol. The van der Waals surface area contributed by atoms with Gasteiger partial charge in [-0.2, -0.15) is 13.2 Å². The number of para-hydroxylation sites is 1. The van der Waals surface area contributed by atoms with Crippen LogP contribution in [0.4, 0.5) is 13.2 Å². The Hall–Kier alpha value is -3.16. The molecule has 0 spiro atoms. The third kappa shape index (κ3) is 2.15. The fraction of sp³-hybridized carbons (Fsp3) is 0.0625. The first-order chi connectivity index (χ1) is 11.4. The van der Waals surface area contributed by atoms with Crippen LogP contribution in [0.2, 0.25) is 0 Å². The highest BCUT2D eigenvalue weighted by Crippen LogP contribution is 2.30. The molecule has 5 nitrogen and oxygen atoms in total. The van der Waals surface area contributed by atoms with Gasteiger partial charge in [-0.25, -0.2) is 0 Å². The number of hydrogen-bond acceptors (Lipinski definition) is 3. The van der Waals surface area contributed by atoms with Crippen LogP contribution in [0.1, 0.15) is 5.56 Å². The van der Waals surface area contributed by atoms with Gasteiger partial charge in [-0.15, -0.1) is 14.2 Å². The predicted octanol–water partition coefficient (Wildman–Crippen LogP) is 2.25. The smallest absolute Gasteiger partial charge is 0.416 e. The number of nitrogens with zero attached hydrogens (tertiary/aromatic N) is 4. The van der Waals surface area contributed by atoms with Crippen molar-refractivity contribution in [2.45, 2.75) is 6.18 Å². The molecule has 0 aliphatic heterocycles. The summed E-state index contributed by atoms with van der Waals surface area (Å²) in [5, 5.41) is 17.4. The predicted molar refractivity (Wildman–Crippen MR) is 76.5 cm³/mol. The van der Waals surface area contributed by atoms with E-state index >= 15 is 0 Å². The molecule has 0 bridgehead atoms. The molecule has 0 unspecified atom stereocenters. The summed E-state index contributed by atoms with van der Waals surface area (Å²) in [5.41, 5.74) is 0.244. The third-order valence-electron chi connectivity index (χ3n) is 3.69. The fourth-order valence-corrected chi connectivity index (χ4v) is 2.51. The van der Waals surface area contributed by atoms with Crippen LogP contribution in [0.5, 0.6) is 5.88 Å². The first-order valence-corrected chi connectivity index (χ1v) is 6.98. The Balaban J connectivity index is 1.91. The number of benzene rings is 2. The summed E-state index contributed by atoms with van der Waals surface area (Å²) in [6.07, 6.45) is -2.87. The highest BCUT2D eigenvalue weighted by atomic mass is 19.4. The van der Waals surface area contributed by atoms with Crippen LogP contribution < -0.4 is 9.62 Å². The van der Waals surface area contributed by atoms with E-state index < -0.39 is 17.6 Å². The highest BCUT2D eigenvalue weighted by molar-refractivity contribution is 5.75. The SMILES string of the molecule is [O-]c1c2ncc3ccccc3[n+]2nn1-c1ccc(C(F)(F)F)cc1. The van der Waals surface area contributed by atoms with Gasteiger partial charge in [-0.1, -0.05) is 12.1 Å². The molecule has 2 heterocycles. The first-order valence-electron chi connectivity index (χ1n) is 6.98. The Labute approximate surface area is 133 Å². The molecule has 0 aliphatic rings. The largest absolute Gasteiger partial charge is 0.842 e. The fourth-order valence-electron chi connectivity index (χ4n) is 2.51. The van der Waals surface area contributed by atoms with Crippen LogP contribution in [0.3, 0.4) is 0 Å². The summed E-state index contributed by atoms with van der Waals surface area (Å²) in [7, 11) is 0. The van der Waals surface area contributed by atoms with Gasteiger partial charge in [0.2, 0.25) is 0 Å². The van der Waals surface area contributed by atoms with Crippen molar-refractivity contribution in [1.82, 2.24) is 14.9 Å². The van der Waals surface area contributed by atoms with E-state index in [0.717, 1.165) is 22.2 Å². The lowest BCUT2D eigenvalue weighted by molar-refractivity contribution is -0.558. The Morgan fingerprint density at radius 2 is 1.71 bits per heavy atom. The summed E-state index contributed by atoms with van der Waals surface area (Å²) in [6.45, 7) is 0. The molecule has 8 heteroatoms. The number of aromatic nitrogens is 4. The molecule has 2 aromatic heterocycles. The molecule has 0 amide bonds. The van der Waals surface area contributed by atoms with Crippen LogP contribution in [0.15, 0.2) is 54.7 Å². The zero-order valence-electron chi connectivity index (χ0n) is 12.0. The Morgan fingerprint density at radius 1 is 1.00 bits per heavy atom. The number of halogens is 3. The molecule has 0 fully saturated rings. The summed E-state index contributed by atoms with van der Waals surface area (Å²) in [5.74, 6) is -0.500. The van der Waals surface area contributed by atoms with Gasteiger partial charge in [0.15, 0.2) is 0 Å². The maximum absolute atomic E-state index is 12.6. The average Bonchev–Trinajstić information content (AvgIpc) is 2.92. The zero-order chi connectivity index (χ0) is 16.9. The minimum absolute atomic E-state index is 0.105. The lowest BCUT2D eigenvalue weighted by Crippen LogP contribution is -2.26. The molecule has 24 heavy (non-hydrogen) atoms. The maximum atomic E-state index is 12.6. The zero-order valence-corrected chi connectivity index (χ0v) is 12.0. The standard InChI is InChI=1S/C16H9F3N4O/c17-16(18,19)11-5-7-12(8-6-11)22-15(24)14-20-9-10-3-1-2-4-13(10)23(14)21-22/h1-9H.